The minimum Gasteiger partial charge on any atom is -0.508 e. The number of hydrogen-bond acceptors (Lipinski definition) is 14. The van der Waals surface area contributed by atoms with E-state index in [1.807, 2.05) is 0 Å². The summed E-state index contributed by atoms with van der Waals surface area (Å²) in [5.74, 6) is -7.46. The average Bonchev–Trinajstić information content (AvgIpc) is 4.26. The normalized spacial score (nSPS) is 25.1. The first-order chi connectivity index (χ1) is 35.8. The fourth-order valence-corrected chi connectivity index (χ4v) is 11.6. The van der Waals surface area contributed by atoms with Crippen LogP contribution in [0.1, 0.15) is 96.5 Å². The summed E-state index contributed by atoms with van der Waals surface area (Å²) in [5, 5.41) is 50.4. The monoisotopic (exact) mass is 1050 g/mol. The van der Waals surface area contributed by atoms with E-state index in [4.69, 9.17) is 0 Å². The zero-order chi connectivity index (χ0) is 54.2. The Balaban J connectivity index is 0.997. The first kappa shape index (κ1) is 55.9. The minimum atomic E-state index is -1.63. The molecule has 10 atom stereocenters. The van der Waals surface area contributed by atoms with E-state index < -0.39 is 139 Å². The molecule has 10 amide bonds. The van der Waals surface area contributed by atoms with Crippen molar-refractivity contribution in [3.8, 4) is 5.75 Å². The van der Waals surface area contributed by atoms with Crippen molar-refractivity contribution in [3.63, 3.8) is 0 Å². The van der Waals surface area contributed by atoms with Gasteiger partial charge in [-0.15, -0.1) is 0 Å². The maximum absolute atomic E-state index is 14.5. The number of phenols is 1. The van der Waals surface area contributed by atoms with E-state index in [1.54, 1.807) is 0 Å². The van der Waals surface area contributed by atoms with Crippen LogP contribution >= 0.6 is 0 Å². The number of aliphatic hydroxyl groups excluding tert-OH is 2. The Kier molecular flexibility index (Phi) is 18.3. The van der Waals surface area contributed by atoms with E-state index in [1.165, 1.54) is 67.5 Å². The van der Waals surface area contributed by atoms with Crippen molar-refractivity contribution < 1.29 is 73.2 Å². The third kappa shape index (κ3) is 12.5. The number of carboxylic acid groups (broad SMARTS) is 1. The molecule has 0 radical (unpaired) electrons. The molecule has 0 aliphatic carbocycles. The van der Waals surface area contributed by atoms with E-state index in [-0.39, 0.29) is 64.3 Å². The Bertz CT molecular complexity index is 2370. The molecule has 0 unspecified atom stereocenters. The van der Waals surface area contributed by atoms with Crippen LogP contribution in [0.15, 0.2) is 24.3 Å². The number of carbonyl (C=O) groups is 11. The minimum absolute atomic E-state index is 0.0683. The molecule has 75 heavy (non-hydrogen) atoms. The van der Waals surface area contributed by atoms with E-state index in [0.717, 1.165) is 0 Å². The second-order valence-electron chi connectivity index (χ2n) is 20.3. The van der Waals surface area contributed by atoms with Gasteiger partial charge in [-0.3, -0.25) is 47.9 Å². The lowest BCUT2D eigenvalue weighted by Crippen LogP contribution is -2.61. The molecule has 0 spiro atoms. The van der Waals surface area contributed by atoms with Crippen LogP contribution in [-0.2, 0) is 59.2 Å². The number of benzene rings is 1. The molecule has 6 aliphatic heterocycles. The zero-order valence-corrected chi connectivity index (χ0v) is 42.4. The van der Waals surface area contributed by atoms with Crippen molar-refractivity contribution in [1.82, 2.24) is 50.7 Å². The number of carboxylic acids is 1. The maximum Gasteiger partial charge on any atom is 0.326 e. The van der Waals surface area contributed by atoms with Gasteiger partial charge in [-0.25, -0.2) is 4.79 Å². The van der Waals surface area contributed by atoms with Gasteiger partial charge in [0.05, 0.1) is 13.2 Å². The molecule has 6 fully saturated rings. The van der Waals surface area contributed by atoms with Crippen LogP contribution in [0.5, 0.6) is 5.75 Å². The van der Waals surface area contributed by atoms with Crippen LogP contribution in [0.3, 0.4) is 0 Å². The maximum atomic E-state index is 14.5. The number of carbonyl (C=O) groups excluding carboxylic acids is 10. The van der Waals surface area contributed by atoms with Gasteiger partial charge in [-0.1, -0.05) is 12.1 Å². The smallest absolute Gasteiger partial charge is 0.326 e. The van der Waals surface area contributed by atoms with Crippen LogP contribution in [-0.4, -0.2) is 228 Å². The fourth-order valence-electron chi connectivity index (χ4n) is 11.6. The summed E-state index contributed by atoms with van der Waals surface area (Å²) < 4.78 is 0. The van der Waals surface area contributed by atoms with E-state index in [9.17, 15) is 73.2 Å². The van der Waals surface area contributed by atoms with Crippen molar-refractivity contribution in [1.29, 1.82) is 0 Å². The summed E-state index contributed by atoms with van der Waals surface area (Å²) in [5.41, 5.74) is 0.436. The quantitative estimate of drug-likeness (QED) is 0.0724. The molecule has 6 saturated heterocycles. The standard InChI is InChI=1S/C50H70N10O15/c1-28(51-29(2)63)44(68)55-19-3-9-35(55)43(67)53-33(26-61)42(66)52-32(25-30-15-17-31(64)18-16-30)41(65)54-34(27-62)45(69)56-20-4-10-36(56)46(70)57-21-5-11-37(57)47(71)58-22-6-12-38(58)48(72)59-23-7-13-39(59)49(73)60-24-8-14-40(60)50(74)75/h15-18,28,32-40,61-62,64H,3-14,19-27H2,1-2H3,(H,51,63)(H,52,66)(H,53,67)(H,54,65)(H,74,75)/t28-,32-,33-,34-,35-,36-,37-,38-,39-,40-/m0/s1. The summed E-state index contributed by atoms with van der Waals surface area (Å²) in [6, 6.07) is -5.78. The summed E-state index contributed by atoms with van der Waals surface area (Å²) in [6.45, 7) is 2.13. The lowest BCUT2D eigenvalue weighted by atomic mass is 10.0. The zero-order valence-electron chi connectivity index (χ0n) is 42.4. The number of nitrogens with one attached hydrogen (secondary N) is 4. The SMILES string of the molecule is CC(=O)N[C@@H](C)C(=O)N1CCC[C@H]1C(=O)N[C@@H](CO)C(=O)N[C@@H](Cc1ccc(O)cc1)C(=O)N[C@@H](CO)C(=O)N1CCC[C@H]1C(=O)N1CCC[C@H]1C(=O)N1CCC[C@H]1C(=O)N1CCC[C@H]1C(=O)N1CCC[C@H]1C(=O)O. The van der Waals surface area contributed by atoms with Crippen LogP contribution in [0.25, 0.3) is 0 Å². The predicted octanol–water partition coefficient (Wildman–Crippen LogP) is -3.07. The highest BCUT2D eigenvalue weighted by Gasteiger charge is 2.50. The summed E-state index contributed by atoms with van der Waals surface area (Å²) in [6.07, 6.45) is 4.40. The Labute approximate surface area is 433 Å². The van der Waals surface area contributed by atoms with E-state index in [0.29, 0.717) is 69.8 Å². The highest BCUT2D eigenvalue weighted by molar-refractivity contribution is 5.99. The third-order valence-electron chi connectivity index (χ3n) is 15.4. The van der Waals surface area contributed by atoms with Crippen LogP contribution in [0.4, 0.5) is 0 Å². The number of aliphatic hydroxyl groups is 2. The number of aliphatic carboxylic acids is 1. The molecule has 0 aromatic heterocycles. The van der Waals surface area contributed by atoms with Crippen LogP contribution in [0.2, 0.25) is 0 Å². The highest BCUT2D eigenvalue weighted by Crippen LogP contribution is 2.32. The molecule has 410 valence electrons. The predicted molar refractivity (Wildman–Crippen MR) is 261 cm³/mol. The highest BCUT2D eigenvalue weighted by atomic mass is 16.4. The van der Waals surface area contributed by atoms with Gasteiger partial charge in [-0.05, 0) is 102 Å². The molecule has 25 heteroatoms. The number of aromatic hydroxyl groups is 1. The van der Waals surface area contributed by atoms with Gasteiger partial charge in [-0.2, -0.15) is 0 Å². The van der Waals surface area contributed by atoms with Crippen LogP contribution in [0, 0.1) is 0 Å². The largest absolute Gasteiger partial charge is 0.508 e. The summed E-state index contributed by atoms with van der Waals surface area (Å²) in [7, 11) is 0. The van der Waals surface area contributed by atoms with Crippen molar-refractivity contribution in [3.05, 3.63) is 29.8 Å². The first-order valence-electron chi connectivity index (χ1n) is 26.1. The molecule has 1 aromatic rings. The topological polar surface area (TPSA) is 336 Å². The summed E-state index contributed by atoms with van der Waals surface area (Å²) in [4.78, 5) is 157. The number of phenolic OH excluding ortho intramolecular Hbond substituents is 1. The molecule has 1 aromatic carbocycles. The first-order valence-corrected chi connectivity index (χ1v) is 26.1. The number of hydrogen-bond donors (Lipinski definition) is 8. The Hall–Kier alpha value is -6.89. The molecule has 0 saturated carbocycles. The molecular formula is C50H70N10O15. The van der Waals surface area contributed by atoms with E-state index in [2.05, 4.69) is 21.3 Å². The molecule has 0 bridgehead atoms. The lowest BCUT2D eigenvalue weighted by Gasteiger charge is -2.36. The number of rotatable bonds is 18. The number of amides is 10. The van der Waals surface area contributed by atoms with Gasteiger partial charge in [0.1, 0.15) is 66.2 Å². The van der Waals surface area contributed by atoms with E-state index >= 15 is 0 Å². The van der Waals surface area contributed by atoms with Crippen molar-refractivity contribution in [2.24, 2.45) is 0 Å². The molecule has 7 rings (SSSR count). The van der Waals surface area contributed by atoms with Gasteiger partial charge in [0.15, 0.2) is 0 Å². The third-order valence-corrected chi connectivity index (χ3v) is 15.4. The second-order valence-corrected chi connectivity index (χ2v) is 20.3. The number of likely N-dealkylation sites (tertiary alicyclic amines) is 6. The molecule has 25 nitrogen and oxygen atoms in total. The van der Waals surface area contributed by atoms with Crippen LogP contribution < -0.4 is 21.3 Å². The average molecular weight is 1050 g/mol. The van der Waals surface area contributed by atoms with Crippen molar-refractivity contribution in [2.45, 2.75) is 158 Å². The van der Waals surface area contributed by atoms with Gasteiger partial charge in [0, 0.05) is 52.6 Å². The molecule has 6 heterocycles. The second kappa shape index (κ2) is 24.6. The van der Waals surface area contributed by atoms with Crippen molar-refractivity contribution in [2.75, 3.05) is 52.5 Å². The Morgan fingerprint density at radius 1 is 0.493 bits per heavy atom. The van der Waals surface area contributed by atoms with Gasteiger partial charge in [0.2, 0.25) is 59.1 Å². The lowest BCUT2D eigenvalue weighted by molar-refractivity contribution is -0.155. The molecule has 8 N–H and O–H groups in total. The fraction of sp³-hybridized carbons (Fsp3) is 0.660. The Morgan fingerprint density at radius 2 is 0.867 bits per heavy atom. The Morgan fingerprint density at radius 3 is 1.31 bits per heavy atom. The molecular weight excluding hydrogens is 981 g/mol. The van der Waals surface area contributed by atoms with Gasteiger partial charge < -0.3 is 71.1 Å². The van der Waals surface area contributed by atoms with Crippen molar-refractivity contribution >= 4 is 65.0 Å². The molecule has 6 aliphatic rings. The summed E-state index contributed by atoms with van der Waals surface area (Å²) >= 11 is 0. The van der Waals surface area contributed by atoms with Gasteiger partial charge in [0.25, 0.3) is 0 Å². The van der Waals surface area contributed by atoms with Gasteiger partial charge >= 0.3 is 5.97 Å². The number of nitrogens with zero attached hydrogens (tertiary/aromatic N) is 6.